The van der Waals surface area contributed by atoms with E-state index in [-0.39, 0.29) is 17.2 Å². The Bertz CT molecular complexity index is 652. The Labute approximate surface area is 142 Å². The van der Waals surface area contributed by atoms with E-state index in [1.165, 1.54) is 30.4 Å². The predicted molar refractivity (Wildman–Crippen MR) is 85.4 cm³/mol. The van der Waals surface area contributed by atoms with E-state index >= 15 is 0 Å². The van der Waals surface area contributed by atoms with Crippen LogP contribution in [0.15, 0.2) is 18.6 Å². The SMILES string of the molecule is CC(=O)SC(CC(=O)N1CCC[C@H]1C(=O)O)C(=O)c1ccncn1. The summed E-state index contributed by atoms with van der Waals surface area (Å²) in [6, 6.07) is 0.547. The lowest BCUT2D eigenvalue weighted by atomic mass is 10.1. The monoisotopic (exact) mass is 351 g/mol. The molecule has 1 fully saturated rings. The Balaban J connectivity index is 2.14. The zero-order valence-corrected chi connectivity index (χ0v) is 13.9. The number of thioether (sulfide) groups is 1. The second kappa shape index (κ2) is 8.00. The fourth-order valence-electron chi connectivity index (χ4n) is 2.59. The minimum Gasteiger partial charge on any atom is -0.480 e. The highest BCUT2D eigenvalue weighted by molar-refractivity contribution is 8.14. The smallest absolute Gasteiger partial charge is 0.326 e. The standard InChI is InChI=1S/C15H17N3O5S/c1-9(19)24-12(14(21)10-4-5-16-8-17-10)7-13(20)18-6-2-3-11(18)15(22)23/h4-5,8,11-12H,2-3,6-7H2,1H3,(H,22,23)/t11-,12?/m0/s1. The number of carbonyl (C=O) groups is 4. The maximum Gasteiger partial charge on any atom is 0.326 e. The largest absolute Gasteiger partial charge is 0.480 e. The molecule has 1 saturated heterocycles. The third-order valence-corrected chi connectivity index (χ3v) is 4.65. The van der Waals surface area contributed by atoms with Crippen molar-refractivity contribution in [1.82, 2.24) is 14.9 Å². The molecule has 9 heteroatoms. The van der Waals surface area contributed by atoms with Gasteiger partial charge in [-0.15, -0.1) is 0 Å². The van der Waals surface area contributed by atoms with E-state index < -0.39 is 29.0 Å². The summed E-state index contributed by atoms with van der Waals surface area (Å²) in [5.41, 5.74) is 0.118. The molecule has 24 heavy (non-hydrogen) atoms. The average molecular weight is 351 g/mol. The molecule has 2 atom stereocenters. The Morgan fingerprint density at radius 3 is 2.75 bits per heavy atom. The van der Waals surface area contributed by atoms with Crippen LogP contribution in [-0.4, -0.2) is 60.6 Å². The molecular formula is C15H17N3O5S. The Morgan fingerprint density at radius 1 is 1.42 bits per heavy atom. The lowest BCUT2D eigenvalue weighted by Gasteiger charge is -2.23. The molecule has 1 aromatic heterocycles. The van der Waals surface area contributed by atoms with Crippen molar-refractivity contribution in [3.63, 3.8) is 0 Å². The Hall–Kier alpha value is -2.29. The maximum atomic E-state index is 12.5. The molecule has 0 saturated carbocycles. The molecule has 0 radical (unpaired) electrons. The molecule has 1 N–H and O–H groups in total. The normalized spacial score (nSPS) is 18.2. The average Bonchev–Trinajstić information content (AvgIpc) is 3.04. The summed E-state index contributed by atoms with van der Waals surface area (Å²) >= 11 is 0.755. The van der Waals surface area contributed by atoms with Crippen molar-refractivity contribution in [2.75, 3.05) is 6.54 Å². The first kappa shape index (κ1) is 18.1. The van der Waals surface area contributed by atoms with Gasteiger partial charge in [0.1, 0.15) is 18.1 Å². The van der Waals surface area contributed by atoms with Crippen molar-refractivity contribution in [2.24, 2.45) is 0 Å². The van der Waals surface area contributed by atoms with Gasteiger partial charge in [-0.05, 0) is 18.9 Å². The summed E-state index contributed by atoms with van der Waals surface area (Å²) in [6.07, 6.45) is 3.37. The fraction of sp³-hybridized carbons (Fsp3) is 0.467. The number of amides is 1. The molecule has 1 aromatic rings. The van der Waals surface area contributed by atoms with Gasteiger partial charge in [-0.3, -0.25) is 14.4 Å². The first-order valence-electron chi connectivity index (χ1n) is 7.40. The zero-order chi connectivity index (χ0) is 17.7. The van der Waals surface area contributed by atoms with Crippen LogP contribution in [0.5, 0.6) is 0 Å². The summed E-state index contributed by atoms with van der Waals surface area (Å²) < 4.78 is 0. The quantitative estimate of drug-likeness (QED) is 0.747. The van der Waals surface area contributed by atoms with Crippen LogP contribution in [-0.2, 0) is 14.4 Å². The zero-order valence-electron chi connectivity index (χ0n) is 13.0. The lowest BCUT2D eigenvalue weighted by molar-refractivity contribution is -0.148. The summed E-state index contributed by atoms with van der Waals surface area (Å²) in [6.45, 7) is 1.65. The van der Waals surface area contributed by atoms with Gasteiger partial charge >= 0.3 is 5.97 Å². The second-order valence-corrected chi connectivity index (χ2v) is 6.72. The molecule has 2 heterocycles. The van der Waals surface area contributed by atoms with Crippen LogP contribution in [0, 0.1) is 0 Å². The number of carbonyl (C=O) groups excluding carboxylic acids is 3. The number of Topliss-reactive ketones (excluding diaryl/α,β-unsaturated/α-hetero) is 1. The van der Waals surface area contributed by atoms with Crippen LogP contribution in [0.1, 0.15) is 36.7 Å². The molecule has 8 nitrogen and oxygen atoms in total. The van der Waals surface area contributed by atoms with E-state index in [1.807, 2.05) is 0 Å². The molecule has 1 amide bonds. The van der Waals surface area contributed by atoms with Gasteiger partial charge in [0, 0.05) is 26.1 Å². The van der Waals surface area contributed by atoms with E-state index in [1.54, 1.807) is 0 Å². The minimum absolute atomic E-state index is 0.118. The molecule has 1 aliphatic heterocycles. The Kier molecular flexibility index (Phi) is 6.02. The number of hydrogen-bond acceptors (Lipinski definition) is 7. The third-order valence-electron chi connectivity index (χ3n) is 3.65. The van der Waals surface area contributed by atoms with E-state index in [4.69, 9.17) is 5.11 Å². The summed E-state index contributed by atoms with van der Waals surface area (Å²) in [4.78, 5) is 56.4. The van der Waals surface area contributed by atoms with Gasteiger partial charge in [-0.2, -0.15) is 0 Å². The first-order chi connectivity index (χ1) is 11.4. The van der Waals surface area contributed by atoms with Crippen molar-refractivity contribution in [3.8, 4) is 0 Å². The van der Waals surface area contributed by atoms with Gasteiger partial charge in [-0.1, -0.05) is 11.8 Å². The number of ketones is 1. The van der Waals surface area contributed by atoms with Crippen LogP contribution in [0.2, 0.25) is 0 Å². The van der Waals surface area contributed by atoms with Crippen LogP contribution in [0.4, 0.5) is 0 Å². The topological polar surface area (TPSA) is 118 Å². The molecule has 0 bridgehead atoms. The summed E-state index contributed by atoms with van der Waals surface area (Å²) in [5, 5.41) is 7.93. The lowest BCUT2D eigenvalue weighted by Crippen LogP contribution is -2.42. The van der Waals surface area contributed by atoms with Crippen molar-refractivity contribution in [2.45, 2.75) is 37.5 Å². The van der Waals surface area contributed by atoms with E-state index in [0.717, 1.165) is 11.8 Å². The number of hydrogen-bond donors (Lipinski definition) is 1. The van der Waals surface area contributed by atoms with Gasteiger partial charge in [0.25, 0.3) is 0 Å². The molecular weight excluding hydrogens is 334 g/mol. The number of nitrogens with zero attached hydrogens (tertiary/aromatic N) is 3. The van der Waals surface area contributed by atoms with Gasteiger partial charge in [0.2, 0.25) is 5.91 Å². The molecule has 128 valence electrons. The fourth-order valence-corrected chi connectivity index (χ4v) is 3.44. The van der Waals surface area contributed by atoms with Crippen molar-refractivity contribution < 1.29 is 24.3 Å². The van der Waals surface area contributed by atoms with Crippen LogP contribution in [0.25, 0.3) is 0 Å². The van der Waals surface area contributed by atoms with Gasteiger partial charge in [0.15, 0.2) is 10.9 Å². The van der Waals surface area contributed by atoms with Crippen LogP contribution >= 0.6 is 11.8 Å². The number of aliphatic carboxylic acids is 1. The molecule has 2 rings (SSSR count). The highest BCUT2D eigenvalue weighted by Gasteiger charge is 2.36. The molecule has 1 unspecified atom stereocenters. The number of carboxylic acids is 1. The Morgan fingerprint density at radius 2 is 2.17 bits per heavy atom. The molecule has 0 spiro atoms. The van der Waals surface area contributed by atoms with Crippen LogP contribution in [0.3, 0.4) is 0 Å². The van der Waals surface area contributed by atoms with E-state index in [2.05, 4.69) is 9.97 Å². The first-order valence-corrected chi connectivity index (χ1v) is 8.28. The third kappa shape index (κ3) is 4.38. The van der Waals surface area contributed by atoms with Crippen molar-refractivity contribution in [3.05, 3.63) is 24.3 Å². The number of aromatic nitrogens is 2. The highest BCUT2D eigenvalue weighted by Crippen LogP contribution is 2.24. The van der Waals surface area contributed by atoms with Crippen molar-refractivity contribution in [1.29, 1.82) is 0 Å². The molecule has 0 aromatic carbocycles. The minimum atomic E-state index is -1.06. The van der Waals surface area contributed by atoms with Crippen LogP contribution < -0.4 is 0 Å². The number of rotatable bonds is 6. The van der Waals surface area contributed by atoms with E-state index in [0.29, 0.717) is 19.4 Å². The predicted octanol–water partition coefficient (Wildman–Crippen LogP) is 0.773. The second-order valence-electron chi connectivity index (χ2n) is 5.34. The number of likely N-dealkylation sites (tertiary alicyclic amines) is 1. The maximum absolute atomic E-state index is 12.5. The van der Waals surface area contributed by atoms with Crippen molar-refractivity contribution >= 4 is 34.5 Å². The number of carboxylic acid groups (broad SMARTS) is 1. The van der Waals surface area contributed by atoms with Gasteiger partial charge < -0.3 is 10.0 Å². The molecule has 0 aliphatic carbocycles. The van der Waals surface area contributed by atoms with E-state index in [9.17, 15) is 19.2 Å². The highest BCUT2D eigenvalue weighted by atomic mass is 32.2. The van der Waals surface area contributed by atoms with Gasteiger partial charge in [0.05, 0.1) is 5.25 Å². The van der Waals surface area contributed by atoms with Gasteiger partial charge in [-0.25, -0.2) is 14.8 Å². The molecule has 1 aliphatic rings. The summed E-state index contributed by atoms with van der Waals surface area (Å²) in [5.74, 6) is -1.95. The summed E-state index contributed by atoms with van der Waals surface area (Å²) in [7, 11) is 0.